The monoisotopic (exact) mass is 418 g/mol. The average Bonchev–Trinajstić information content (AvgIpc) is 2.77. The zero-order valence-electron chi connectivity index (χ0n) is 17.4. The summed E-state index contributed by atoms with van der Waals surface area (Å²) in [6.07, 6.45) is 0.645. The molecule has 0 aliphatic carbocycles. The summed E-state index contributed by atoms with van der Waals surface area (Å²) in [6, 6.07) is 15.5. The number of guanidine groups is 1. The highest BCUT2D eigenvalue weighted by molar-refractivity contribution is 5.80. The van der Waals surface area contributed by atoms with Crippen LogP contribution in [0.5, 0.6) is 11.5 Å². The second-order valence-electron chi connectivity index (χ2n) is 6.90. The molecule has 0 unspecified atom stereocenters. The number of methoxy groups -OCH3 is 1. The number of benzene rings is 2. The van der Waals surface area contributed by atoms with Crippen molar-refractivity contribution in [3.63, 3.8) is 0 Å². The molecule has 1 fully saturated rings. The third-order valence-corrected chi connectivity index (χ3v) is 5.05. The van der Waals surface area contributed by atoms with Crippen molar-refractivity contribution < 1.29 is 18.3 Å². The van der Waals surface area contributed by atoms with Crippen LogP contribution >= 0.6 is 0 Å². The number of nitrogens with one attached hydrogen (secondary N) is 1. The summed E-state index contributed by atoms with van der Waals surface area (Å²) in [6.45, 7) is 1.36. The van der Waals surface area contributed by atoms with Crippen molar-refractivity contribution in [1.29, 1.82) is 0 Å². The molecule has 1 heterocycles. The van der Waals surface area contributed by atoms with Gasteiger partial charge >= 0.3 is 6.61 Å². The van der Waals surface area contributed by atoms with Gasteiger partial charge in [-0.1, -0.05) is 24.3 Å². The molecule has 0 spiro atoms. The van der Waals surface area contributed by atoms with Crippen molar-refractivity contribution >= 4 is 11.6 Å². The Hall–Kier alpha value is -3.03. The van der Waals surface area contributed by atoms with Crippen molar-refractivity contribution in [3.8, 4) is 11.5 Å². The van der Waals surface area contributed by atoms with Crippen molar-refractivity contribution in [1.82, 2.24) is 10.2 Å². The first-order valence-corrected chi connectivity index (χ1v) is 9.98. The van der Waals surface area contributed by atoms with E-state index in [4.69, 9.17) is 4.74 Å². The third-order valence-electron chi connectivity index (χ3n) is 5.05. The van der Waals surface area contributed by atoms with Gasteiger partial charge < -0.3 is 24.6 Å². The van der Waals surface area contributed by atoms with Gasteiger partial charge in [0, 0.05) is 45.5 Å². The molecule has 1 aliphatic rings. The lowest BCUT2D eigenvalue weighted by Gasteiger charge is -2.37. The maximum absolute atomic E-state index is 12.6. The van der Waals surface area contributed by atoms with Crippen LogP contribution in [0.3, 0.4) is 0 Å². The SMILES string of the molecule is CN=C(NCCc1ccc(OC)c(OC(F)F)c1)N1CCN(c2ccccc2)CC1. The quantitative estimate of drug-likeness (QED) is 0.553. The molecule has 0 radical (unpaired) electrons. The minimum atomic E-state index is -2.89. The molecule has 6 nitrogen and oxygen atoms in total. The van der Waals surface area contributed by atoms with Gasteiger partial charge in [-0.05, 0) is 36.2 Å². The molecule has 0 amide bonds. The van der Waals surface area contributed by atoms with E-state index in [2.05, 4.69) is 49.1 Å². The number of nitrogens with zero attached hydrogens (tertiary/aromatic N) is 3. The molecule has 1 saturated heterocycles. The standard InChI is InChI=1S/C22H28F2N4O2/c1-25-22(28-14-12-27(13-15-28)18-6-4-3-5-7-18)26-11-10-17-8-9-19(29-2)20(16-17)30-21(23)24/h3-9,16,21H,10-15H2,1-2H3,(H,25,26). The zero-order chi connectivity index (χ0) is 21.3. The summed E-state index contributed by atoms with van der Waals surface area (Å²) in [7, 11) is 3.20. The minimum Gasteiger partial charge on any atom is -0.493 e. The number of anilines is 1. The highest BCUT2D eigenvalue weighted by atomic mass is 19.3. The molecule has 30 heavy (non-hydrogen) atoms. The van der Waals surface area contributed by atoms with Gasteiger partial charge in [-0.15, -0.1) is 0 Å². The van der Waals surface area contributed by atoms with Crippen LogP contribution in [0.1, 0.15) is 5.56 Å². The van der Waals surface area contributed by atoms with E-state index in [1.807, 2.05) is 12.1 Å². The van der Waals surface area contributed by atoms with Gasteiger partial charge in [-0.25, -0.2) is 0 Å². The highest BCUT2D eigenvalue weighted by Gasteiger charge is 2.19. The number of halogens is 2. The summed E-state index contributed by atoms with van der Waals surface area (Å²) in [4.78, 5) is 9.00. The van der Waals surface area contributed by atoms with Crippen molar-refractivity contribution in [2.24, 2.45) is 4.99 Å². The molecule has 162 valence electrons. The Labute approximate surface area is 176 Å². The molecule has 8 heteroatoms. The molecule has 1 N–H and O–H groups in total. The fraction of sp³-hybridized carbons (Fsp3) is 0.409. The van der Waals surface area contributed by atoms with Gasteiger partial charge in [0.15, 0.2) is 17.5 Å². The minimum absolute atomic E-state index is 0.0476. The van der Waals surface area contributed by atoms with Gasteiger partial charge in [0.25, 0.3) is 0 Å². The number of ether oxygens (including phenoxy) is 2. The summed E-state index contributed by atoms with van der Waals surface area (Å²) < 4.78 is 34.8. The maximum atomic E-state index is 12.6. The van der Waals surface area contributed by atoms with E-state index in [0.29, 0.717) is 18.7 Å². The van der Waals surface area contributed by atoms with Crippen LogP contribution in [0.4, 0.5) is 14.5 Å². The van der Waals surface area contributed by atoms with E-state index in [9.17, 15) is 8.78 Å². The molecular formula is C22H28F2N4O2. The molecule has 0 aromatic heterocycles. The van der Waals surface area contributed by atoms with E-state index in [1.54, 1.807) is 19.2 Å². The van der Waals surface area contributed by atoms with Crippen LogP contribution in [0.15, 0.2) is 53.5 Å². The molecule has 0 atom stereocenters. The van der Waals surface area contributed by atoms with Crippen molar-refractivity contribution in [2.45, 2.75) is 13.0 Å². The third kappa shape index (κ3) is 5.75. The first-order valence-electron chi connectivity index (χ1n) is 9.98. The summed E-state index contributed by atoms with van der Waals surface area (Å²) in [5.41, 5.74) is 2.12. The van der Waals surface area contributed by atoms with Gasteiger partial charge in [0.2, 0.25) is 0 Å². The Bertz CT molecular complexity index is 825. The van der Waals surface area contributed by atoms with Gasteiger partial charge in [-0.2, -0.15) is 8.78 Å². The number of piperazine rings is 1. The van der Waals surface area contributed by atoms with Crippen LogP contribution in [-0.4, -0.2) is 64.4 Å². The van der Waals surface area contributed by atoms with E-state index in [1.165, 1.54) is 12.8 Å². The second kappa shape index (κ2) is 10.7. The number of para-hydroxylation sites is 1. The molecule has 0 bridgehead atoms. The first kappa shape index (κ1) is 21.7. The first-order chi connectivity index (χ1) is 14.6. The van der Waals surface area contributed by atoms with Gasteiger partial charge in [0.1, 0.15) is 0 Å². The second-order valence-corrected chi connectivity index (χ2v) is 6.90. The maximum Gasteiger partial charge on any atom is 0.387 e. The van der Waals surface area contributed by atoms with Crippen molar-refractivity contribution in [3.05, 3.63) is 54.1 Å². The fourth-order valence-corrected chi connectivity index (χ4v) is 3.53. The number of rotatable bonds is 7. The predicted molar refractivity (Wildman–Crippen MR) is 115 cm³/mol. The Morgan fingerprint density at radius 3 is 2.43 bits per heavy atom. The lowest BCUT2D eigenvalue weighted by molar-refractivity contribution is -0.0512. The normalized spacial score (nSPS) is 14.8. The largest absolute Gasteiger partial charge is 0.493 e. The Morgan fingerprint density at radius 1 is 1.07 bits per heavy atom. The fourth-order valence-electron chi connectivity index (χ4n) is 3.53. The van der Waals surface area contributed by atoms with Gasteiger partial charge in [0.05, 0.1) is 7.11 Å². The Morgan fingerprint density at radius 2 is 1.80 bits per heavy atom. The van der Waals surface area contributed by atoms with Crippen LogP contribution in [0.25, 0.3) is 0 Å². The van der Waals surface area contributed by atoms with Crippen LogP contribution in [0, 0.1) is 0 Å². The van der Waals surface area contributed by atoms with Crippen molar-refractivity contribution in [2.75, 3.05) is 51.8 Å². The van der Waals surface area contributed by atoms with E-state index in [0.717, 1.165) is 37.7 Å². The molecule has 1 aliphatic heterocycles. The summed E-state index contributed by atoms with van der Waals surface area (Å²) >= 11 is 0. The number of alkyl halides is 2. The molecule has 2 aromatic rings. The zero-order valence-corrected chi connectivity index (χ0v) is 17.4. The smallest absolute Gasteiger partial charge is 0.387 e. The van der Waals surface area contributed by atoms with Gasteiger partial charge in [-0.3, -0.25) is 4.99 Å². The summed E-state index contributed by atoms with van der Waals surface area (Å²) in [5.74, 6) is 1.19. The highest BCUT2D eigenvalue weighted by Crippen LogP contribution is 2.29. The predicted octanol–water partition coefficient (Wildman–Crippen LogP) is 3.24. The molecule has 2 aromatic carbocycles. The molecule has 3 rings (SSSR count). The van der Waals surface area contributed by atoms with Crippen LogP contribution < -0.4 is 19.7 Å². The van der Waals surface area contributed by atoms with E-state index in [-0.39, 0.29) is 5.75 Å². The number of hydrogen-bond donors (Lipinski definition) is 1. The lowest BCUT2D eigenvalue weighted by Crippen LogP contribution is -2.52. The number of aliphatic imine (C=N–C) groups is 1. The summed E-state index contributed by atoms with van der Waals surface area (Å²) in [5, 5.41) is 3.37. The van der Waals surface area contributed by atoms with E-state index < -0.39 is 6.61 Å². The lowest BCUT2D eigenvalue weighted by atomic mass is 10.1. The van der Waals surface area contributed by atoms with Crippen LogP contribution in [0.2, 0.25) is 0 Å². The molecular weight excluding hydrogens is 390 g/mol. The Balaban J connectivity index is 1.50. The number of hydrogen-bond acceptors (Lipinski definition) is 4. The van der Waals surface area contributed by atoms with Crippen LogP contribution in [-0.2, 0) is 6.42 Å². The average molecular weight is 418 g/mol. The topological polar surface area (TPSA) is 49.3 Å². The van der Waals surface area contributed by atoms with E-state index >= 15 is 0 Å². The molecule has 0 saturated carbocycles. The Kier molecular flexibility index (Phi) is 7.70.